The second-order valence-electron chi connectivity index (χ2n) is 8.11. The van der Waals surface area contributed by atoms with Crippen molar-refractivity contribution in [2.24, 2.45) is 5.10 Å². The number of benzene rings is 2. The molecule has 10 heteroatoms. The van der Waals surface area contributed by atoms with Gasteiger partial charge in [-0.15, -0.1) is 0 Å². The van der Waals surface area contributed by atoms with E-state index in [4.69, 9.17) is 26.1 Å². The van der Waals surface area contributed by atoms with E-state index in [1.165, 1.54) is 10.9 Å². The Morgan fingerprint density at radius 2 is 1.97 bits per heavy atom. The number of carbonyl (C=O) groups is 1. The largest absolute Gasteiger partial charge is 0.480 e. The van der Waals surface area contributed by atoms with E-state index in [9.17, 15) is 9.59 Å². The summed E-state index contributed by atoms with van der Waals surface area (Å²) < 4.78 is 13.2. The van der Waals surface area contributed by atoms with Gasteiger partial charge < -0.3 is 9.47 Å². The van der Waals surface area contributed by atoms with Gasteiger partial charge in [0, 0.05) is 20.5 Å². The van der Waals surface area contributed by atoms with E-state index >= 15 is 0 Å². The third kappa shape index (κ3) is 6.02. The van der Waals surface area contributed by atoms with E-state index in [1.54, 1.807) is 31.2 Å². The summed E-state index contributed by atoms with van der Waals surface area (Å²) in [7, 11) is 0. The molecule has 3 rings (SSSR count). The first-order valence-electron chi connectivity index (χ1n) is 10.1. The van der Waals surface area contributed by atoms with Gasteiger partial charge in [-0.2, -0.15) is 9.78 Å². The molecule has 0 aliphatic carbocycles. The first-order chi connectivity index (χ1) is 15.5. The van der Waals surface area contributed by atoms with Gasteiger partial charge in [0.15, 0.2) is 6.61 Å². The van der Waals surface area contributed by atoms with Gasteiger partial charge in [0.25, 0.3) is 5.56 Å². The van der Waals surface area contributed by atoms with Crippen molar-refractivity contribution in [1.29, 1.82) is 0 Å². The number of aromatic nitrogens is 2. The number of hydrogen-bond donors (Lipinski definition) is 0. The molecular weight excluding hydrogens is 578 g/mol. The number of hydrogen-bond acceptors (Lipinski definition) is 6. The van der Waals surface area contributed by atoms with Crippen LogP contribution in [-0.2, 0) is 14.9 Å². The molecule has 0 aliphatic heterocycles. The van der Waals surface area contributed by atoms with E-state index in [1.807, 2.05) is 26.8 Å². The molecule has 3 aromatic rings. The molecule has 1 aromatic heterocycles. The fourth-order valence-electron chi connectivity index (χ4n) is 3.02. The number of halogens is 3. The van der Waals surface area contributed by atoms with Crippen LogP contribution < -0.4 is 10.3 Å². The van der Waals surface area contributed by atoms with Crippen molar-refractivity contribution in [1.82, 2.24) is 9.66 Å². The van der Waals surface area contributed by atoms with E-state index in [0.717, 1.165) is 4.47 Å². The molecule has 2 aromatic carbocycles. The van der Waals surface area contributed by atoms with Gasteiger partial charge in [0.2, 0.25) is 0 Å². The van der Waals surface area contributed by atoms with Crippen LogP contribution in [0.5, 0.6) is 5.75 Å². The van der Waals surface area contributed by atoms with Gasteiger partial charge in [-0.3, -0.25) is 4.79 Å². The van der Waals surface area contributed by atoms with E-state index < -0.39 is 11.4 Å². The highest BCUT2D eigenvalue weighted by atomic mass is 79.9. The maximum atomic E-state index is 13.3. The van der Waals surface area contributed by atoms with Crippen molar-refractivity contribution in [3.8, 4) is 5.75 Å². The summed E-state index contributed by atoms with van der Waals surface area (Å²) >= 11 is 13.0. The Bertz CT molecular complexity index is 1300. The van der Waals surface area contributed by atoms with Gasteiger partial charge in [0.05, 0.1) is 28.2 Å². The van der Waals surface area contributed by atoms with Crippen molar-refractivity contribution in [3.63, 3.8) is 0 Å². The minimum atomic E-state index is -0.502. The third-order valence-electron chi connectivity index (χ3n) is 4.47. The zero-order chi connectivity index (χ0) is 24.3. The maximum absolute atomic E-state index is 13.3. The number of ether oxygens (including phenoxy) is 2. The molecular formula is C23H22Br2ClN3O4. The second kappa shape index (κ2) is 10.4. The predicted octanol–water partition coefficient (Wildman–Crippen LogP) is 5.70. The molecule has 1 heterocycles. The van der Waals surface area contributed by atoms with E-state index in [-0.39, 0.29) is 18.8 Å². The summed E-state index contributed by atoms with van der Waals surface area (Å²) in [6.45, 7) is 7.55. The average molecular weight is 600 g/mol. The Morgan fingerprint density at radius 1 is 1.24 bits per heavy atom. The summed E-state index contributed by atoms with van der Waals surface area (Å²) in [5.41, 5.74) is 0.288. The Labute approximate surface area is 213 Å². The van der Waals surface area contributed by atoms with Crippen LogP contribution in [-0.4, -0.2) is 35.1 Å². The Balaban J connectivity index is 2.13. The quantitative estimate of drug-likeness (QED) is 0.268. The highest BCUT2D eigenvalue weighted by Gasteiger charge is 2.23. The molecule has 174 valence electrons. The molecule has 7 nitrogen and oxygen atoms in total. The molecule has 0 spiro atoms. The predicted molar refractivity (Wildman–Crippen MR) is 137 cm³/mol. The molecule has 0 amide bonds. The minimum absolute atomic E-state index is 0.252. The van der Waals surface area contributed by atoms with Crippen LogP contribution in [0.2, 0.25) is 5.02 Å². The van der Waals surface area contributed by atoms with Crippen molar-refractivity contribution in [2.45, 2.75) is 33.1 Å². The highest BCUT2D eigenvalue weighted by Crippen LogP contribution is 2.32. The summed E-state index contributed by atoms with van der Waals surface area (Å²) in [6, 6.07) is 8.61. The Morgan fingerprint density at radius 3 is 2.64 bits per heavy atom. The number of nitrogens with zero attached hydrogens (tertiary/aromatic N) is 3. The Hall–Kier alpha value is -2.23. The molecule has 0 N–H and O–H groups in total. The van der Waals surface area contributed by atoms with E-state index in [0.29, 0.717) is 37.5 Å². The lowest BCUT2D eigenvalue weighted by Gasteiger charge is -2.21. The Kier molecular flexibility index (Phi) is 7.97. The molecule has 0 unspecified atom stereocenters. The van der Waals surface area contributed by atoms with Gasteiger partial charge in [-0.05, 0) is 53.2 Å². The van der Waals surface area contributed by atoms with Gasteiger partial charge in [-0.1, -0.05) is 48.3 Å². The lowest BCUT2D eigenvalue weighted by molar-refractivity contribution is -0.145. The average Bonchev–Trinajstić information content (AvgIpc) is 2.72. The molecule has 0 fully saturated rings. The van der Waals surface area contributed by atoms with Crippen LogP contribution in [0.15, 0.2) is 49.2 Å². The normalized spacial score (nSPS) is 11.8. The summed E-state index contributed by atoms with van der Waals surface area (Å²) in [4.78, 5) is 29.8. The van der Waals surface area contributed by atoms with E-state index in [2.05, 4.69) is 37.0 Å². The van der Waals surface area contributed by atoms with Crippen LogP contribution in [0.25, 0.3) is 10.9 Å². The van der Waals surface area contributed by atoms with Crippen molar-refractivity contribution in [3.05, 3.63) is 66.0 Å². The number of rotatable bonds is 6. The van der Waals surface area contributed by atoms with Crippen LogP contribution in [0.1, 0.15) is 39.1 Å². The first kappa shape index (κ1) is 25.4. The number of fused-ring (bicyclic) bond motifs is 1. The van der Waals surface area contributed by atoms with Gasteiger partial charge in [-0.25, -0.2) is 9.78 Å². The van der Waals surface area contributed by atoms with Crippen LogP contribution in [0, 0.1) is 0 Å². The fraction of sp³-hybridized carbons (Fsp3) is 0.304. The van der Waals surface area contributed by atoms with Crippen LogP contribution in [0.4, 0.5) is 0 Å². The monoisotopic (exact) mass is 597 g/mol. The topological polar surface area (TPSA) is 82.8 Å². The lowest BCUT2D eigenvalue weighted by atomic mass is 9.95. The summed E-state index contributed by atoms with van der Waals surface area (Å²) in [6.07, 6.45) is 1.46. The molecule has 0 saturated carbocycles. The second-order valence-corrected chi connectivity index (χ2v) is 10.3. The smallest absolute Gasteiger partial charge is 0.344 e. The van der Waals surface area contributed by atoms with Crippen molar-refractivity contribution >= 4 is 66.5 Å². The molecule has 0 atom stereocenters. The standard InChI is InChI=1S/C23H22Br2ClN3O4/c1-5-32-19(30)12-33-20-13(8-15(26)10-17(20)25)11-27-29-21(31)16-9-14(24)6-7-18(16)28-22(29)23(2,3)4/h6-11H,5,12H2,1-4H3. The van der Waals surface area contributed by atoms with Crippen molar-refractivity contribution in [2.75, 3.05) is 13.2 Å². The number of carbonyl (C=O) groups excluding carboxylic acids is 1. The fourth-order valence-corrected chi connectivity index (χ4v) is 4.33. The zero-order valence-corrected chi connectivity index (χ0v) is 22.4. The maximum Gasteiger partial charge on any atom is 0.344 e. The van der Waals surface area contributed by atoms with Crippen LogP contribution in [0.3, 0.4) is 0 Å². The van der Waals surface area contributed by atoms with Crippen LogP contribution >= 0.6 is 43.5 Å². The molecule has 0 saturated heterocycles. The summed E-state index contributed by atoms with van der Waals surface area (Å²) in [5, 5.41) is 5.31. The number of esters is 1. The molecule has 0 radical (unpaired) electrons. The lowest BCUT2D eigenvalue weighted by Crippen LogP contribution is -2.29. The van der Waals surface area contributed by atoms with Crippen molar-refractivity contribution < 1.29 is 14.3 Å². The molecule has 0 aliphatic rings. The minimum Gasteiger partial charge on any atom is -0.480 e. The zero-order valence-electron chi connectivity index (χ0n) is 18.5. The molecule has 0 bridgehead atoms. The molecule has 33 heavy (non-hydrogen) atoms. The summed E-state index contributed by atoms with van der Waals surface area (Å²) in [5.74, 6) is 0.337. The third-order valence-corrected chi connectivity index (χ3v) is 5.77. The SMILES string of the molecule is CCOC(=O)COc1c(Br)cc(Cl)cc1C=Nn1c(C(C)(C)C)nc2ccc(Br)cc2c1=O. The van der Waals surface area contributed by atoms with Gasteiger partial charge in [0.1, 0.15) is 11.6 Å². The van der Waals surface area contributed by atoms with Gasteiger partial charge >= 0.3 is 5.97 Å². The first-order valence-corrected chi connectivity index (χ1v) is 12.0. The highest BCUT2D eigenvalue weighted by molar-refractivity contribution is 9.10.